The molecule has 0 aromatic carbocycles. The molecule has 0 N–H and O–H groups in total. The molecule has 3 saturated carbocycles. The summed E-state index contributed by atoms with van der Waals surface area (Å²) in [7, 11) is 0. The summed E-state index contributed by atoms with van der Waals surface area (Å²) in [5.74, 6) is 6.57. The maximum absolute atomic E-state index is 2.46. The van der Waals surface area contributed by atoms with Crippen molar-refractivity contribution in [1.29, 1.82) is 0 Å². The van der Waals surface area contributed by atoms with Crippen molar-refractivity contribution in [1.82, 2.24) is 0 Å². The molecule has 3 aliphatic rings. The third-order valence-corrected chi connectivity index (χ3v) is 6.18. The molecule has 5 atom stereocenters. The highest BCUT2D eigenvalue weighted by Gasteiger charge is 2.46. The molecule has 0 aliphatic heterocycles. The molecular weight excluding hydrogens is 192 g/mol. The minimum atomic E-state index is 0.940. The molecule has 0 heterocycles. The number of rotatable bonds is 1. The Bertz CT molecular complexity index is 242. The number of fused-ring (bicyclic) bond motifs is 3. The van der Waals surface area contributed by atoms with Gasteiger partial charge in [0.05, 0.1) is 0 Å². The zero-order chi connectivity index (χ0) is 11.1. The van der Waals surface area contributed by atoms with Crippen LogP contribution in [-0.4, -0.2) is 0 Å². The molecular formula is C16H28. The monoisotopic (exact) mass is 220 g/mol. The lowest BCUT2D eigenvalue weighted by Crippen LogP contribution is -2.36. The molecule has 0 aromatic heterocycles. The van der Waals surface area contributed by atoms with Gasteiger partial charge < -0.3 is 0 Å². The molecule has 0 heteroatoms. The Kier molecular flexibility index (Phi) is 3.02. The van der Waals surface area contributed by atoms with E-state index in [4.69, 9.17) is 0 Å². The molecule has 0 spiro atoms. The van der Waals surface area contributed by atoms with Crippen LogP contribution < -0.4 is 0 Å². The summed E-state index contributed by atoms with van der Waals surface area (Å²) in [5, 5.41) is 0. The van der Waals surface area contributed by atoms with E-state index in [0.29, 0.717) is 0 Å². The van der Waals surface area contributed by atoms with Crippen LogP contribution >= 0.6 is 0 Å². The van der Waals surface area contributed by atoms with Crippen molar-refractivity contribution in [2.24, 2.45) is 35.5 Å². The zero-order valence-electron chi connectivity index (χ0n) is 11.1. The van der Waals surface area contributed by atoms with Crippen LogP contribution in [-0.2, 0) is 0 Å². The highest BCUT2D eigenvalue weighted by molar-refractivity contribution is 4.96. The van der Waals surface area contributed by atoms with Gasteiger partial charge >= 0.3 is 0 Å². The Morgan fingerprint density at radius 3 is 2.25 bits per heavy atom. The Labute approximate surface area is 101 Å². The third kappa shape index (κ3) is 1.73. The molecule has 16 heavy (non-hydrogen) atoms. The molecule has 5 unspecified atom stereocenters. The fourth-order valence-corrected chi connectivity index (χ4v) is 5.48. The highest BCUT2D eigenvalue weighted by atomic mass is 14.5. The van der Waals surface area contributed by atoms with Crippen LogP contribution in [0.3, 0.4) is 0 Å². The molecule has 92 valence electrons. The van der Waals surface area contributed by atoms with Gasteiger partial charge in [0.15, 0.2) is 0 Å². The van der Waals surface area contributed by atoms with Crippen LogP contribution in [0.15, 0.2) is 0 Å². The first-order chi connectivity index (χ1) is 7.77. The lowest BCUT2D eigenvalue weighted by atomic mass is 9.61. The molecule has 0 aromatic rings. The highest BCUT2D eigenvalue weighted by Crippen LogP contribution is 2.55. The van der Waals surface area contributed by atoms with E-state index in [1.807, 2.05) is 0 Å². The lowest BCUT2D eigenvalue weighted by Gasteiger charge is -2.45. The number of hydrogen-bond acceptors (Lipinski definition) is 0. The largest absolute Gasteiger partial charge is 0.0625 e. The number of hydrogen-bond donors (Lipinski definition) is 0. The summed E-state index contributed by atoms with van der Waals surface area (Å²) >= 11 is 0. The van der Waals surface area contributed by atoms with Gasteiger partial charge in [0, 0.05) is 0 Å². The van der Waals surface area contributed by atoms with E-state index in [2.05, 4.69) is 13.8 Å². The summed E-state index contributed by atoms with van der Waals surface area (Å²) in [5.41, 5.74) is 0. The lowest BCUT2D eigenvalue weighted by molar-refractivity contribution is 0.0514. The summed E-state index contributed by atoms with van der Waals surface area (Å²) in [6.07, 6.45) is 12.5. The van der Waals surface area contributed by atoms with Crippen LogP contribution in [0.1, 0.15) is 65.2 Å². The Balaban J connectivity index is 1.74. The third-order valence-electron chi connectivity index (χ3n) is 6.18. The first-order valence-electron chi connectivity index (χ1n) is 7.77. The van der Waals surface area contributed by atoms with Crippen LogP contribution in [0.5, 0.6) is 0 Å². The maximum Gasteiger partial charge on any atom is -0.0352 e. The Morgan fingerprint density at radius 2 is 1.44 bits per heavy atom. The SMILES string of the molecule is CC(C)C1CCC2C3CCCCC3CCC12. The van der Waals surface area contributed by atoms with E-state index < -0.39 is 0 Å². The second-order valence-electron chi connectivity index (χ2n) is 7.10. The quantitative estimate of drug-likeness (QED) is 0.590. The Hall–Kier alpha value is 0. The van der Waals surface area contributed by atoms with Gasteiger partial charge in [-0.15, -0.1) is 0 Å². The molecule has 0 nitrogen and oxygen atoms in total. The van der Waals surface area contributed by atoms with Gasteiger partial charge in [-0.1, -0.05) is 33.1 Å². The molecule has 3 aliphatic carbocycles. The minimum absolute atomic E-state index is 0.940. The van der Waals surface area contributed by atoms with Gasteiger partial charge in [-0.05, 0) is 67.6 Å². The van der Waals surface area contributed by atoms with Crippen molar-refractivity contribution in [3.8, 4) is 0 Å². The summed E-state index contributed by atoms with van der Waals surface area (Å²) in [4.78, 5) is 0. The predicted octanol–water partition coefficient (Wildman–Crippen LogP) is 4.89. The smallest absolute Gasteiger partial charge is 0.0352 e. The van der Waals surface area contributed by atoms with Crippen molar-refractivity contribution in [2.45, 2.75) is 65.2 Å². The van der Waals surface area contributed by atoms with Crippen LogP contribution in [0.25, 0.3) is 0 Å². The normalized spacial score (nSPS) is 47.8. The molecule has 3 rings (SSSR count). The van der Waals surface area contributed by atoms with Gasteiger partial charge in [0.2, 0.25) is 0 Å². The van der Waals surface area contributed by atoms with Gasteiger partial charge in [0.1, 0.15) is 0 Å². The molecule has 3 fully saturated rings. The predicted molar refractivity (Wildman–Crippen MR) is 69.2 cm³/mol. The summed E-state index contributed by atoms with van der Waals surface area (Å²) < 4.78 is 0. The topological polar surface area (TPSA) is 0 Å². The van der Waals surface area contributed by atoms with E-state index in [1.54, 1.807) is 38.5 Å². The molecule has 0 saturated heterocycles. The standard InChI is InChI=1S/C16H28/c1-11(2)13-9-10-16-14-6-4-3-5-12(14)7-8-15(13)16/h11-16H,3-10H2,1-2H3. The van der Waals surface area contributed by atoms with Crippen molar-refractivity contribution >= 4 is 0 Å². The van der Waals surface area contributed by atoms with E-state index in [0.717, 1.165) is 35.5 Å². The average molecular weight is 220 g/mol. The second-order valence-corrected chi connectivity index (χ2v) is 7.10. The fraction of sp³-hybridized carbons (Fsp3) is 1.00. The molecule has 0 amide bonds. The van der Waals surface area contributed by atoms with E-state index in [-0.39, 0.29) is 0 Å². The molecule has 0 radical (unpaired) electrons. The van der Waals surface area contributed by atoms with Crippen LogP contribution in [0.4, 0.5) is 0 Å². The first kappa shape index (κ1) is 11.1. The van der Waals surface area contributed by atoms with Crippen molar-refractivity contribution in [2.75, 3.05) is 0 Å². The van der Waals surface area contributed by atoms with E-state index >= 15 is 0 Å². The van der Waals surface area contributed by atoms with E-state index in [1.165, 1.54) is 12.8 Å². The minimum Gasteiger partial charge on any atom is -0.0625 e. The van der Waals surface area contributed by atoms with Gasteiger partial charge in [-0.2, -0.15) is 0 Å². The average Bonchev–Trinajstić information content (AvgIpc) is 2.73. The van der Waals surface area contributed by atoms with E-state index in [9.17, 15) is 0 Å². The van der Waals surface area contributed by atoms with Crippen LogP contribution in [0.2, 0.25) is 0 Å². The molecule has 0 bridgehead atoms. The zero-order valence-corrected chi connectivity index (χ0v) is 11.1. The van der Waals surface area contributed by atoms with Crippen molar-refractivity contribution in [3.05, 3.63) is 0 Å². The maximum atomic E-state index is 2.46. The fourth-order valence-electron chi connectivity index (χ4n) is 5.48. The summed E-state index contributed by atoms with van der Waals surface area (Å²) in [6, 6.07) is 0. The van der Waals surface area contributed by atoms with Gasteiger partial charge in [-0.3, -0.25) is 0 Å². The second kappa shape index (κ2) is 4.35. The van der Waals surface area contributed by atoms with Crippen LogP contribution in [0, 0.1) is 35.5 Å². The Morgan fingerprint density at radius 1 is 0.688 bits per heavy atom. The van der Waals surface area contributed by atoms with Gasteiger partial charge in [-0.25, -0.2) is 0 Å². The van der Waals surface area contributed by atoms with Crippen molar-refractivity contribution in [3.63, 3.8) is 0 Å². The summed E-state index contributed by atoms with van der Waals surface area (Å²) in [6.45, 7) is 4.92. The van der Waals surface area contributed by atoms with Crippen molar-refractivity contribution < 1.29 is 0 Å². The first-order valence-corrected chi connectivity index (χ1v) is 7.77. The van der Waals surface area contributed by atoms with Gasteiger partial charge in [0.25, 0.3) is 0 Å².